The number of hydrogen-bond donors (Lipinski definition) is 1. The number of aryl methyl sites for hydroxylation is 1. The summed E-state index contributed by atoms with van der Waals surface area (Å²) >= 11 is 1.68. The standard InChI is InChI=1S/C23H28N10O3S2/c1-30-14-19(27-15-30)38(34,35)33-4-2-31(3-5-33)13-17-10-18-20(37-17)22(32-6-8-36-9-7-32)29-21(28-18)16-11-25-23(24)26-12-16/h10-12,14-15H,2-9,13H2,1H3,(H2,24,25,26). The van der Waals surface area contributed by atoms with Gasteiger partial charge in [-0.1, -0.05) is 0 Å². The number of fused-ring (bicyclic) bond motifs is 1. The fourth-order valence-electron chi connectivity index (χ4n) is 4.62. The van der Waals surface area contributed by atoms with Crippen LogP contribution in [0.5, 0.6) is 0 Å². The Kier molecular flexibility index (Phi) is 6.69. The molecule has 2 aliphatic rings. The summed E-state index contributed by atoms with van der Waals surface area (Å²) in [6, 6.07) is 2.10. The van der Waals surface area contributed by atoms with E-state index in [1.807, 2.05) is 0 Å². The lowest BCUT2D eigenvalue weighted by Crippen LogP contribution is -2.48. The molecule has 15 heteroatoms. The molecule has 2 N–H and O–H groups in total. The first-order chi connectivity index (χ1) is 18.4. The zero-order chi connectivity index (χ0) is 26.3. The zero-order valence-corrected chi connectivity index (χ0v) is 22.5. The van der Waals surface area contributed by atoms with E-state index in [0.29, 0.717) is 57.3 Å². The Balaban J connectivity index is 1.23. The molecule has 0 aliphatic carbocycles. The van der Waals surface area contributed by atoms with Gasteiger partial charge >= 0.3 is 0 Å². The third-order valence-corrected chi connectivity index (χ3v) is 9.53. The highest BCUT2D eigenvalue weighted by Crippen LogP contribution is 2.35. The highest BCUT2D eigenvalue weighted by atomic mass is 32.2. The first kappa shape index (κ1) is 25.1. The van der Waals surface area contributed by atoms with Crippen molar-refractivity contribution in [1.29, 1.82) is 0 Å². The van der Waals surface area contributed by atoms with E-state index >= 15 is 0 Å². The smallest absolute Gasteiger partial charge is 0.262 e. The molecule has 38 heavy (non-hydrogen) atoms. The molecule has 0 spiro atoms. The topological polar surface area (TPSA) is 148 Å². The summed E-state index contributed by atoms with van der Waals surface area (Å²) in [4.78, 5) is 27.6. The second kappa shape index (κ2) is 10.1. The van der Waals surface area contributed by atoms with Crippen LogP contribution in [-0.4, -0.2) is 99.6 Å². The fourth-order valence-corrected chi connectivity index (χ4v) is 7.16. The van der Waals surface area contributed by atoms with E-state index in [1.54, 1.807) is 35.3 Å². The summed E-state index contributed by atoms with van der Waals surface area (Å²) in [7, 11) is -1.82. The molecule has 0 saturated carbocycles. The van der Waals surface area contributed by atoms with Gasteiger partial charge in [0.25, 0.3) is 10.0 Å². The number of nitrogen functional groups attached to an aromatic ring is 1. The highest BCUT2D eigenvalue weighted by molar-refractivity contribution is 7.89. The molecule has 2 saturated heterocycles. The van der Waals surface area contributed by atoms with Crippen molar-refractivity contribution in [2.24, 2.45) is 7.05 Å². The van der Waals surface area contributed by atoms with E-state index in [-0.39, 0.29) is 11.0 Å². The Morgan fingerprint density at radius 1 is 1.03 bits per heavy atom. The maximum absolute atomic E-state index is 12.9. The first-order valence-electron chi connectivity index (χ1n) is 12.3. The summed E-state index contributed by atoms with van der Waals surface area (Å²) in [5, 5.41) is 0.0921. The summed E-state index contributed by atoms with van der Waals surface area (Å²) in [6.45, 7) is 5.63. The Labute approximate surface area is 224 Å². The van der Waals surface area contributed by atoms with Gasteiger partial charge in [0.15, 0.2) is 16.7 Å². The highest BCUT2D eigenvalue weighted by Gasteiger charge is 2.30. The lowest BCUT2D eigenvalue weighted by atomic mass is 10.3. The number of sulfonamides is 1. The van der Waals surface area contributed by atoms with E-state index in [4.69, 9.17) is 20.4 Å². The number of anilines is 2. The second-order valence-electron chi connectivity index (χ2n) is 9.28. The molecule has 0 unspecified atom stereocenters. The molecule has 0 atom stereocenters. The number of aromatic nitrogens is 6. The van der Waals surface area contributed by atoms with Crippen molar-refractivity contribution in [3.05, 3.63) is 35.9 Å². The van der Waals surface area contributed by atoms with E-state index < -0.39 is 10.0 Å². The Morgan fingerprint density at radius 3 is 2.45 bits per heavy atom. The van der Waals surface area contributed by atoms with Gasteiger partial charge in [-0.05, 0) is 6.07 Å². The number of nitrogens with two attached hydrogens (primary N) is 1. The molecule has 0 radical (unpaired) electrons. The van der Waals surface area contributed by atoms with Crippen LogP contribution >= 0.6 is 11.3 Å². The predicted octanol–water partition coefficient (Wildman–Crippen LogP) is 0.807. The summed E-state index contributed by atoms with van der Waals surface area (Å²) < 4.78 is 35.6. The minimum absolute atomic E-state index is 0.0921. The van der Waals surface area contributed by atoms with Crippen LogP contribution in [-0.2, 0) is 28.4 Å². The molecular formula is C23H28N10O3S2. The Bertz CT molecular complexity index is 1540. The van der Waals surface area contributed by atoms with Crippen LogP contribution in [0.4, 0.5) is 11.8 Å². The van der Waals surface area contributed by atoms with E-state index in [1.165, 1.54) is 16.8 Å². The monoisotopic (exact) mass is 556 g/mol. The molecule has 0 aromatic carbocycles. The van der Waals surface area contributed by atoms with Crippen molar-refractivity contribution < 1.29 is 13.2 Å². The summed E-state index contributed by atoms with van der Waals surface area (Å²) in [5.41, 5.74) is 7.24. The minimum Gasteiger partial charge on any atom is -0.378 e. The summed E-state index contributed by atoms with van der Waals surface area (Å²) in [6.07, 6.45) is 6.32. The molecule has 200 valence electrons. The number of rotatable bonds is 6. The first-order valence-corrected chi connectivity index (χ1v) is 14.5. The molecule has 0 bridgehead atoms. The number of hydrogen-bond acceptors (Lipinski definition) is 12. The number of morpholine rings is 1. The van der Waals surface area contributed by atoms with Gasteiger partial charge in [-0.3, -0.25) is 4.90 Å². The predicted molar refractivity (Wildman–Crippen MR) is 143 cm³/mol. The Morgan fingerprint density at radius 2 is 1.76 bits per heavy atom. The molecule has 2 aliphatic heterocycles. The molecule has 6 heterocycles. The largest absolute Gasteiger partial charge is 0.378 e. The third-order valence-electron chi connectivity index (χ3n) is 6.64. The van der Waals surface area contributed by atoms with E-state index in [9.17, 15) is 8.42 Å². The molecule has 4 aromatic heterocycles. The van der Waals surface area contributed by atoms with Gasteiger partial charge in [-0.25, -0.2) is 33.3 Å². The van der Waals surface area contributed by atoms with Crippen molar-refractivity contribution in [3.63, 3.8) is 0 Å². The van der Waals surface area contributed by atoms with Gasteiger partial charge in [0.1, 0.15) is 0 Å². The van der Waals surface area contributed by atoms with Crippen LogP contribution in [0.25, 0.3) is 21.6 Å². The third kappa shape index (κ3) is 4.94. The van der Waals surface area contributed by atoms with Gasteiger partial charge in [-0.2, -0.15) is 4.31 Å². The fraction of sp³-hybridized carbons (Fsp3) is 0.435. The van der Waals surface area contributed by atoms with Crippen LogP contribution < -0.4 is 10.6 Å². The number of nitrogens with zero attached hydrogens (tertiary/aromatic N) is 9. The van der Waals surface area contributed by atoms with Crippen LogP contribution in [0.15, 0.2) is 36.0 Å². The van der Waals surface area contributed by atoms with Crippen LogP contribution in [0.2, 0.25) is 0 Å². The number of ether oxygens (including phenoxy) is 1. The van der Waals surface area contributed by atoms with Crippen molar-refractivity contribution in [1.82, 2.24) is 38.7 Å². The molecule has 0 amide bonds. The van der Waals surface area contributed by atoms with Crippen molar-refractivity contribution >= 4 is 43.3 Å². The van der Waals surface area contributed by atoms with Gasteiger partial charge in [0, 0.05) is 76.3 Å². The maximum Gasteiger partial charge on any atom is 0.262 e. The second-order valence-corrected chi connectivity index (χ2v) is 12.3. The minimum atomic E-state index is -3.58. The normalized spacial score (nSPS) is 17.9. The van der Waals surface area contributed by atoms with Gasteiger partial charge in [-0.15, -0.1) is 11.3 Å². The quantitative estimate of drug-likeness (QED) is 0.359. The van der Waals surface area contributed by atoms with Crippen LogP contribution in [0, 0.1) is 0 Å². The van der Waals surface area contributed by atoms with Crippen molar-refractivity contribution in [2.45, 2.75) is 11.6 Å². The molecule has 6 rings (SSSR count). The SMILES string of the molecule is Cn1cnc(S(=O)(=O)N2CCN(Cc3cc4nc(-c5cnc(N)nc5)nc(N5CCOCC5)c4s3)CC2)c1. The van der Waals surface area contributed by atoms with E-state index in [2.05, 4.69) is 30.8 Å². The van der Waals surface area contributed by atoms with Crippen molar-refractivity contribution in [2.75, 3.05) is 63.1 Å². The lowest BCUT2D eigenvalue weighted by molar-refractivity contribution is 0.122. The van der Waals surface area contributed by atoms with Gasteiger partial charge < -0.3 is 19.9 Å². The molecular weight excluding hydrogens is 528 g/mol. The van der Waals surface area contributed by atoms with E-state index in [0.717, 1.165) is 34.0 Å². The van der Waals surface area contributed by atoms with Gasteiger partial charge in [0.2, 0.25) is 5.95 Å². The summed E-state index contributed by atoms with van der Waals surface area (Å²) in [5.74, 6) is 1.64. The average molecular weight is 557 g/mol. The van der Waals surface area contributed by atoms with Crippen LogP contribution in [0.1, 0.15) is 4.88 Å². The lowest BCUT2D eigenvalue weighted by Gasteiger charge is -2.33. The number of imidazole rings is 1. The molecule has 13 nitrogen and oxygen atoms in total. The maximum atomic E-state index is 12.9. The number of piperazine rings is 1. The average Bonchev–Trinajstić information content (AvgIpc) is 3.55. The molecule has 2 fully saturated rings. The van der Waals surface area contributed by atoms with Crippen molar-refractivity contribution in [3.8, 4) is 11.4 Å². The molecule has 4 aromatic rings. The number of thiophene rings is 1. The zero-order valence-electron chi connectivity index (χ0n) is 20.9. The Hall–Kier alpha value is -3.24. The van der Waals surface area contributed by atoms with Crippen LogP contribution in [0.3, 0.4) is 0 Å². The van der Waals surface area contributed by atoms with Gasteiger partial charge in [0.05, 0.1) is 35.3 Å².